The molecule has 0 bridgehead atoms. The number of hydrogen-bond acceptors (Lipinski definition) is 7. The Hall–Kier alpha value is -4.46. The Morgan fingerprint density at radius 1 is 0.971 bits per heavy atom. The van der Waals surface area contributed by atoms with Gasteiger partial charge in [0, 0.05) is 24.1 Å². The molecule has 0 radical (unpaired) electrons. The zero-order valence-electron chi connectivity index (χ0n) is 19.3. The zero-order chi connectivity index (χ0) is 26.0. The van der Waals surface area contributed by atoms with Crippen LogP contribution in [0.2, 0.25) is 0 Å². The minimum absolute atomic E-state index is 0.0748. The molecule has 0 saturated carbocycles. The molecule has 0 aromatic heterocycles. The topological polar surface area (TPSA) is 88.1 Å². The number of rotatable bonds is 12. The van der Waals surface area contributed by atoms with E-state index in [2.05, 4.69) is 31.1 Å². The molecule has 0 saturated heterocycles. The van der Waals surface area contributed by atoms with Crippen molar-refractivity contribution < 1.29 is 37.7 Å². The van der Waals surface area contributed by atoms with E-state index in [4.69, 9.17) is 14.2 Å². The number of esters is 3. The van der Waals surface area contributed by atoms with Crippen molar-refractivity contribution in [2.75, 3.05) is 13.2 Å². The zero-order valence-corrected chi connectivity index (χ0v) is 19.3. The van der Waals surface area contributed by atoms with Crippen molar-refractivity contribution in [3.8, 4) is 5.75 Å². The fourth-order valence-corrected chi connectivity index (χ4v) is 2.60. The van der Waals surface area contributed by atoms with E-state index in [1.807, 2.05) is 0 Å². The number of benzene rings is 2. The Kier molecular flexibility index (Phi) is 9.71. The van der Waals surface area contributed by atoms with E-state index in [9.17, 15) is 18.8 Å². The average molecular weight is 480 g/mol. The highest BCUT2D eigenvalue weighted by molar-refractivity contribution is 5.96. The van der Waals surface area contributed by atoms with Crippen molar-refractivity contribution in [3.05, 3.63) is 103 Å². The number of fused-ring (bicyclic) bond motifs is 1. The lowest BCUT2D eigenvalue weighted by Gasteiger charge is -2.09. The van der Waals surface area contributed by atoms with Crippen LogP contribution in [-0.4, -0.2) is 31.1 Å². The minimum Gasteiger partial charge on any atom is -0.493 e. The molecule has 0 aliphatic rings. The van der Waals surface area contributed by atoms with Gasteiger partial charge in [-0.1, -0.05) is 38.4 Å². The summed E-state index contributed by atoms with van der Waals surface area (Å²) < 4.78 is 34.4. The van der Waals surface area contributed by atoms with Crippen LogP contribution < -0.4 is 4.74 Å². The lowest BCUT2D eigenvalue weighted by molar-refractivity contribution is -0.138. The molecule has 0 heterocycles. The lowest BCUT2D eigenvalue weighted by Crippen LogP contribution is -2.06. The van der Waals surface area contributed by atoms with Gasteiger partial charge in [0.1, 0.15) is 11.5 Å². The predicted molar refractivity (Wildman–Crippen MR) is 129 cm³/mol. The summed E-state index contributed by atoms with van der Waals surface area (Å²) in [6.45, 7) is 15.5. The molecule has 0 aliphatic heterocycles. The largest absolute Gasteiger partial charge is 0.493 e. The molecule has 0 N–H and O–H groups in total. The molecular formula is C27H25FO7. The van der Waals surface area contributed by atoms with Crippen LogP contribution in [0.3, 0.4) is 0 Å². The van der Waals surface area contributed by atoms with Crippen molar-refractivity contribution in [1.82, 2.24) is 0 Å². The van der Waals surface area contributed by atoms with Crippen LogP contribution in [0.5, 0.6) is 5.75 Å². The van der Waals surface area contributed by atoms with Gasteiger partial charge in [-0.3, -0.25) is 0 Å². The molecule has 8 heteroatoms. The van der Waals surface area contributed by atoms with E-state index in [-0.39, 0.29) is 23.5 Å². The maximum atomic E-state index is 14.1. The van der Waals surface area contributed by atoms with E-state index in [1.165, 1.54) is 6.92 Å². The van der Waals surface area contributed by atoms with Crippen LogP contribution in [0, 0.1) is 0 Å². The molecule has 0 unspecified atom stereocenters. The number of allylic oxidation sites excluding steroid dienone is 2. The highest BCUT2D eigenvalue weighted by atomic mass is 19.1. The van der Waals surface area contributed by atoms with Gasteiger partial charge >= 0.3 is 17.9 Å². The standard InChI is InChI=1S/C27H25FO7/c1-6-25(29)33-13-7-12-32-23-11-10-20-15-22(9-8-21(20)16-23)27(31)34-18(4)14-24(28)19(5)35-26(30)17(2)3/h6,8-11,14-16H,1-2,4-5,7,12-13H2,3H3/b24-14+. The summed E-state index contributed by atoms with van der Waals surface area (Å²) in [5.74, 6) is -3.34. The van der Waals surface area contributed by atoms with Crippen LogP contribution in [0.4, 0.5) is 4.39 Å². The monoisotopic (exact) mass is 480 g/mol. The van der Waals surface area contributed by atoms with E-state index >= 15 is 0 Å². The third-order valence-electron chi connectivity index (χ3n) is 4.36. The fourth-order valence-electron chi connectivity index (χ4n) is 2.60. The molecule has 7 nitrogen and oxygen atoms in total. The second-order valence-electron chi connectivity index (χ2n) is 7.24. The molecule has 0 aliphatic carbocycles. The molecule has 0 atom stereocenters. The highest BCUT2D eigenvalue weighted by Crippen LogP contribution is 2.23. The SMILES string of the molecule is C=CC(=O)OCCCOc1ccc2cc(C(=O)OC(=C)/C=C(/F)C(=C)OC(=O)C(=C)C)ccc2c1. The van der Waals surface area contributed by atoms with Crippen molar-refractivity contribution in [2.45, 2.75) is 13.3 Å². The summed E-state index contributed by atoms with van der Waals surface area (Å²) in [5.41, 5.74) is 0.295. The molecule has 0 amide bonds. The van der Waals surface area contributed by atoms with E-state index in [0.717, 1.165) is 22.9 Å². The molecule has 2 aromatic rings. The summed E-state index contributed by atoms with van der Waals surface area (Å²) in [6.07, 6.45) is 2.40. The third kappa shape index (κ3) is 8.43. The number of carbonyl (C=O) groups excluding carboxylic acids is 3. The van der Waals surface area contributed by atoms with Crippen molar-refractivity contribution in [1.29, 1.82) is 0 Å². The van der Waals surface area contributed by atoms with Gasteiger partial charge in [0.15, 0.2) is 11.6 Å². The highest BCUT2D eigenvalue weighted by Gasteiger charge is 2.14. The Morgan fingerprint density at radius 3 is 2.34 bits per heavy atom. The van der Waals surface area contributed by atoms with Gasteiger partial charge in [0.05, 0.1) is 18.8 Å². The van der Waals surface area contributed by atoms with Crippen LogP contribution in [-0.2, 0) is 23.8 Å². The van der Waals surface area contributed by atoms with Crippen molar-refractivity contribution in [2.24, 2.45) is 0 Å². The second kappa shape index (κ2) is 12.7. The van der Waals surface area contributed by atoms with Crippen molar-refractivity contribution in [3.63, 3.8) is 0 Å². The molecular weight excluding hydrogens is 455 g/mol. The minimum atomic E-state index is -1.03. The number of ether oxygens (including phenoxy) is 4. The maximum absolute atomic E-state index is 14.1. The van der Waals surface area contributed by atoms with E-state index < -0.39 is 29.5 Å². The van der Waals surface area contributed by atoms with Gasteiger partial charge in [-0.2, -0.15) is 0 Å². The van der Waals surface area contributed by atoms with Gasteiger partial charge in [0.25, 0.3) is 0 Å². The summed E-state index contributed by atoms with van der Waals surface area (Å²) >= 11 is 0. The smallest absolute Gasteiger partial charge is 0.343 e. The first-order chi connectivity index (χ1) is 16.6. The summed E-state index contributed by atoms with van der Waals surface area (Å²) in [5, 5.41) is 1.57. The fraction of sp³-hybridized carbons (Fsp3) is 0.148. The molecule has 0 fully saturated rings. The maximum Gasteiger partial charge on any atom is 0.343 e. The molecule has 0 spiro atoms. The number of halogens is 1. The van der Waals surface area contributed by atoms with Gasteiger partial charge in [0.2, 0.25) is 0 Å². The van der Waals surface area contributed by atoms with Gasteiger partial charge < -0.3 is 18.9 Å². The van der Waals surface area contributed by atoms with Gasteiger partial charge in [-0.05, 0) is 42.0 Å². The first-order valence-corrected chi connectivity index (χ1v) is 10.4. The molecule has 2 aromatic carbocycles. The summed E-state index contributed by atoms with van der Waals surface area (Å²) in [6, 6.07) is 10.2. The first kappa shape index (κ1) is 26.8. The average Bonchev–Trinajstić information content (AvgIpc) is 2.82. The van der Waals surface area contributed by atoms with Gasteiger partial charge in [-0.25, -0.2) is 18.8 Å². The Bertz CT molecular complexity index is 1220. The van der Waals surface area contributed by atoms with Crippen molar-refractivity contribution >= 4 is 28.7 Å². The Labute approximate surface area is 202 Å². The molecule has 35 heavy (non-hydrogen) atoms. The quantitative estimate of drug-likeness (QED) is 0.0990. The Morgan fingerprint density at radius 2 is 1.66 bits per heavy atom. The number of carbonyl (C=O) groups is 3. The van der Waals surface area contributed by atoms with E-state index in [1.54, 1.807) is 36.4 Å². The number of hydrogen-bond donors (Lipinski definition) is 0. The summed E-state index contributed by atoms with van der Waals surface area (Å²) in [4.78, 5) is 34.9. The third-order valence-corrected chi connectivity index (χ3v) is 4.36. The van der Waals surface area contributed by atoms with Gasteiger partial charge in [-0.15, -0.1) is 0 Å². The van der Waals surface area contributed by atoms with Crippen LogP contribution >= 0.6 is 0 Å². The summed E-state index contributed by atoms with van der Waals surface area (Å²) in [7, 11) is 0. The molecule has 182 valence electrons. The first-order valence-electron chi connectivity index (χ1n) is 10.4. The second-order valence-corrected chi connectivity index (χ2v) is 7.24. The van der Waals surface area contributed by atoms with Crippen LogP contribution in [0.15, 0.2) is 97.8 Å². The van der Waals surface area contributed by atoms with Crippen LogP contribution in [0.1, 0.15) is 23.7 Å². The van der Waals surface area contributed by atoms with Crippen LogP contribution in [0.25, 0.3) is 10.8 Å². The van der Waals surface area contributed by atoms with E-state index in [0.29, 0.717) is 18.8 Å². The molecule has 2 rings (SSSR count). The normalized spacial score (nSPS) is 10.7. The predicted octanol–water partition coefficient (Wildman–Crippen LogP) is 5.49. The lowest BCUT2D eigenvalue weighted by atomic mass is 10.1. The Balaban J connectivity index is 1.96.